The van der Waals surface area contributed by atoms with Gasteiger partial charge in [0.1, 0.15) is 17.4 Å². The number of likely N-dealkylation sites (tertiary alicyclic amines) is 1. The molecule has 1 N–H and O–H groups in total. The minimum absolute atomic E-state index is 0.174. The van der Waals surface area contributed by atoms with Crippen LogP contribution in [0.3, 0.4) is 0 Å². The molecule has 0 saturated carbocycles. The Kier molecular flexibility index (Phi) is 6.98. The number of benzene rings is 2. The SMILES string of the molecule is COc1ccc(F)c(CC2CCN(CCNC(=O)c3ccc(F)cc3)CC2)c1. The molecule has 6 heteroatoms. The van der Waals surface area contributed by atoms with Crippen molar-refractivity contribution >= 4 is 5.91 Å². The minimum atomic E-state index is -0.353. The maximum atomic E-state index is 14.0. The Labute approximate surface area is 164 Å². The molecule has 1 aliphatic rings. The van der Waals surface area contributed by atoms with Gasteiger partial charge in [-0.05, 0) is 86.3 Å². The normalized spacial score (nSPS) is 15.4. The number of halogens is 2. The van der Waals surface area contributed by atoms with Crippen molar-refractivity contribution in [2.75, 3.05) is 33.3 Å². The van der Waals surface area contributed by atoms with Crippen LogP contribution in [0.1, 0.15) is 28.8 Å². The predicted molar refractivity (Wildman–Crippen MR) is 105 cm³/mol. The molecule has 1 aliphatic heterocycles. The van der Waals surface area contributed by atoms with Crippen molar-refractivity contribution in [2.45, 2.75) is 19.3 Å². The molecular formula is C22H26F2N2O2. The molecule has 0 radical (unpaired) electrons. The van der Waals surface area contributed by atoms with Crippen LogP contribution in [-0.2, 0) is 6.42 Å². The Morgan fingerprint density at radius 1 is 1.14 bits per heavy atom. The Hall–Kier alpha value is -2.47. The third-order valence-electron chi connectivity index (χ3n) is 5.29. The molecule has 0 bridgehead atoms. The van der Waals surface area contributed by atoms with Crippen LogP contribution in [0.15, 0.2) is 42.5 Å². The largest absolute Gasteiger partial charge is 0.497 e. The third-order valence-corrected chi connectivity index (χ3v) is 5.29. The molecule has 150 valence electrons. The number of carbonyl (C=O) groups excluding carboxylic acids is 1. The molecular weight excluding hydrogens is 362 g/mol. The summed E-state index contributed by atoms with van der Waals surface area (Å²) in [6.07, 6.45) is 2.73. The number of nitrogens with zero attached hydrogens (tertiary/aromatic N) is 1. The van der Waals surface area contributed by atoms with Crippen molar-refractivity contribution in [1.82, 2.24) is 10.2 Å². The second-order valence-electron chi connectivity index (χ2n) is 7.21. The number of carbonyl (C=O) groups is 1. The fraction of sp³-hybridized carbons (Fsp3) is 0.409. The van der Waals surface area contributed by atoms with E-state index >= 15 is 0 Å². The van der Waals surface area contributed by atoms with Gasteiger partial charge in [-0.15, -0.1) is 0 Å². The second-order valence-corrected chi connectivity index (χ2v) is 7.21. The minimum Gasteiger partial charge on any atom is -0.497 e. The van der Waals surface area contributed by atoms with Gasteiger partial charge in [0.25, 0.3) is 5.91 Å². The summed E-state index contributed by atoms with van der Waals surface area (Å²) in [6.45, 7) is 3.18. The Bertz CT molecular complexity index is 788. The summed E-state index contributed by atoms with van der Waals surface area (Å²) in [5.74, 6) is 0.417. The number of nitrogens with one attached hydrogen (secondary N) is 1. The van der Waals surface area contributed by atoms with Gasteiger partial charge in [-0.2, -0.15) is 0 Å². The van der Waals surface area contributed by atoms with E-state index in [1.807, 2.05) is 0 Å². The fourth-order valence-corrected chi connectivity index (χ4v) is 3.59. The smallest absolute Gasteiger partial charge is 0.251 e. The molecule has 28 heavy (non-hydrogen) atoms. The Morgan fingerprint density at radius 2 is 1.86 bits per heavy atom. The lowest BCUT2D eigenvalue weighted by molar-refractivity contribution is 0.0944. The monoisotopic (exact) mass is 388 g/mol. The van der Waals surface area contributed by atoms with Crippen molar-refractivity contribution in [2.24, 2.45) is 5.92 Å². The molecule has 1 amide bonds. The number of methoxy groups -OCH3 is 1. The van der Waals surface area contributed by atoms with Gasteiger partial charge in [-0.3, -0.25) is 4.79 Å². The van der Waals surface area contributed by atoms with Gasteiger partial charge in [0.15, 0.2) is 0 Å². The van der Waals surface area contributed by atoms with Crippen molar-refractivity contribution in [3.63, 3.8) is 0 Å². The van der Waals surface area contributed by atoms with Crippen LogP contribution < -0.4 is 10.1 Å². The van der Waals surface area contributed by atoms with E-state index in [0.29, 0.717) is 29.3 Å². The van der Waals surface area contributed by atoms with Crippen molar-refractivity contribution in [1.29, 1.82) is 0 Å². The molecule has 0 aliphatic carbocycles. The summed E-state index contributed by atoms with van der Waals surface area (Å²) in [6, 6.07) is 10.4. The first-order valence-corrected chi connectivity index (χ1v) is 9.63. The van der Waals surface area contributed by atoms with Crippen LogP contribution in [0.2, 0.25) is 0 Å². The molecule has 2 aromatic carbocycles. The number of piperidine rings is 1. The molecule has 1 fully saturated rings. The van der Waals surface area contributed by atoms with Crippen LogP contribution in [0, 0.1) is 17.6 Å². The molecule has 2 aromatic rings. The summed E-state index contributed by atoms with van der Waals surface area (Å²) < 4.78 is 32.1. The van der Waals surface area contributed by atoms with E-state index in [1.165, 1.54) is 30.3 Å². The maximum Gasteiger partial charge on any atom is 0.251 e. The topological polar surface area (TPSA) is 41.6 Å². The summed E-state index contributed by atoms with van der Waals surface area (Å²) in [5, 5.41) is 2.87. The highest BCUT2D eigenvalue weighted by Crippen LogP contribution is 2.25. The summed E-state index contributed by atoms with van der Waals surface area (Å²) >= 11 is 0. The summed E-state index contributed by atoms with van der Waals surface area (Å²) in [7, 11) is 1.59. The van der Waals surface area contributed by atoms with Gasteiger partial charge in [-0.1, -0.05) is 0 Å². The number of hydrogen-bond acceptors (Lipinski definition) is 3. The Morgan fingerprint density at radius 3 is 2.54 bits per heavy atom. The molecule has 4 nitrogen and oxygen atoms in total. The van der Waals surface area contributed by atoms with Crippen LogP contribution in [0.25, 0.3) is 0 Å². The average molecular weight is 388 g/mol. The van der Waals surface area contributed by atoms with Gasteiger partial charge in [0.05, 0.1) is 7.11 Å². The lowest BCUT2D eigenvalue weighted by atomic mass is 9.90. The molecule has 3 rings (SSSR count). The second kappa shape index (κ2) is 9.64. The van der Waals surface area contributed by atoms with E-state index in [-0.39, 0.29) is 17.5 Å². The number of hydrogen-bond donors (Lipinski definition) is 1. The first-order chi connectivity index (χ1) is 13.5. The van der Waals surface area contributed by atoms with Crippen LogP contribution >= 0.6 is 0 Å². The highest BCUT2D eigenvalue weighted by molar-refractivity contribution is 5.94. The van der Waals surface area contributed by atoms with Crippen molar-refractivity contribution in [3.05, 3.63) is 65.2 Å². The molecule has 0 aromatic heterocycles. The first-order valence-electron chi connectivity index (χ1n) is 9.63. The quantitative estimate of drug-likeness (QED) is 0.787. The first kappa shape index (κ1) is 20.3. The van der Waals surface area contributed by atoms with Crippen LogP contribution in [-0.4, -0.2) is 44.1 Å². The highest BCUT2D eigenvalue weighted by Gasteiger charge is 2.20. The van der Waals surface area contributed by atoms with Gasteiger partial charge < -0.3 is 15.0 Å². The zero-order valence-corrected chi connectivity index (χ0v) is 16.1. The lowest BCUT2D eigenvalue weighted by Gasteiger charge is -2.32. The summed E-state index contributed by atoms with van der Waals surface area (Å²) in [5.41, 5.74) is 1.17. The van der Waals surface area contributed by atoms with Gasteiger partial charge in [-0.25, -0.2) is 8.78 Å². The van der Waals surface area contributed by atoms with Gasteiger partial charge in [0, 0.05) is 18.7 Å². The Balaban J connectivity index is 1.39. The van der Waals surface area contributed by atoms with E-state index in [0.717, 1.165) is 38.9 Å². The average Bonchev–Trinajstić information content (AvgIpc) is 2.71. The standard InChI is InChI=1S/C22H26F2N2O2/c1-28-20-6-7-21(24)18(15-20)14-16-8-11-26(12-9-16)13-10-25-22(27)17-2-4-19(23)5-3-17/h2-7,15-16H,8-14H2,1H3,(H,25,27). The number of amides is 1. The lowest BCUT2D eigenvalue weighted by Crippen LogP contribution is -2.40. The van der Waals surface area contributed by atoms with Gasteiger partial charge >= 0.3 is 0 Å². The van der Waals surface area contributed by atoms with E-state index in [1.54, 1.807) is 19.2 Å². The molecule has 1 heterocycles. The van der Waals surface area contributed by atoms with Crippen molar-refractivity contribution < 1.29 is 18.3 Å². The van der Waals surface area contributed by atoms with E-state index in [4.69, 9.17) is 4.74 Å². The predicted octanol–water partition coefficient (Wildman–Crippen LogP) is 3.66. The van der Waals surface area contributed by atoms with E-state index in [2.05, 4.69) is 10.2 Å². The molecule has 0 atom stereocenters. The van der Waals surface area contributed by atoms with Gasteiger partial charge in [0.2, 0.25) is 0 Å². The van der Waals surface area contributed by atoms with Crippen LogP contribution in [0.4, 0.5) is 8.78 Å². The zero-order valence-electron chi connectivity index (χ0n) is 16.1. The fourth-order valence-electron chi connectivity index (χ4n) is 3.59. The van der Waals surface area contributed by atoms with E-state index in [9.17, 15) is 13.6 Å². The van der Waals surface area contributed by atoms with Crippen LogP contribution in [0.5, 0.6) is 5.75 Å². The van der Waals surface area contributed by atoms with E-state index < -0.39 is 0 Å². The molecule has 0 unspecified atom stereocenters. The number of rotatable bonds is 7. The number of ether oxygens (including phenoxy) is 1. The summed E-state index contributed by atoms with van der Waals surface area (Å²) in [4.78, 5) is 14.3. The molecule has 0 spiro atoms. The molecule has 1 saturated heterocycles. The zero-order chi connectivity index (χ0) is 19.9. The van der Waals surface area contributed by atoms with Crippen molar-refractivity contribution in [3.8, 4) is 5.75 Å². The maximum absolute atomic E-state index is 14.0. The highest BCUT2D eigenvalue weighted by atomic mass is 19.1. The third kappa shape index (κ3) is 5.52.